The number of nitrogens with zero attached hydrogens (tertiary/aromatic N) is 2. The first-order valence-corrected chi connectivity index (χ1v) is 18.0. The lowest BCUT2D eigenvalue weighted by molar-refractivity contribution is 0.668. The van der Waals surface area contributed by atoms with Gasteiger partial charge in [0.2, 0.25) is 0 Å². The van der Waals surface area contributed by atoms with E-state index in [0.29, 0.717) is 5.84 Å². The zero-order chi connectivity index (χ0) is 34.9. The van der Waals surface area contributed by atoms with Gasteiger partial charge >= 0.3 is 0 Å². The summed E-state index contributed by atoms with van der Waals surface area (Å²) in [6.07, 6.45) is -0.384. The van der Waals surface area contributed by atoms with E-state index in [1.165, 1.54) is 48.7 Å². The molecule has 53 heavy (non-hydrogen) atoms. The van der Waals surface area contributed by atoms with Crippen LogP contribution in [0.5, 0.6) is 0 Å². The Balaban J connectivity index is 1.06. The van der Waals surface area contributed by atoms with Gasteiger partial charge in [0.25, 0.3) is 0 Å². The molecule has 10 aromatic rings. The molecule has 248 valence electrons. The average Bonchev–Trinajstić information content (AvgIpc) is 3.61. The van der Waals surface area contributed by atoms with Crippen LogP contribution in [0.15, 0.2) is 190 Å². The molecule has 0 amide bonds. The first-order chi connectivity index (χ1) is 26.2. The van der Waals surface area contributed by atoms with Gasteiger partial charge in [0.1, 0.15) is 23.2 Å². The fourth-order valence-electron chi connectivity index (χ4n) is 8.07. The molecule has 0 saturated carbocycles. The largest absolute Gasteiger partial charge is 0.456 e. The van der Waals surface area contributed by atoms with Crippen molar-refractivity contribution >= 4 is 76.7 Å². The average molecular weight is 678 g/mol. The summed E-state index contributed by atoms with van der Waals surface area (Å²) in [5, 5.41) is 15.7. The van der Waals surface area contributed by atoms with Gasteiger partial charge in [-0.2, -0.15) is 0 Å². The van der Waals surface area contributed by atoms with Crippen molar-refractivity contribution in [2.45, 2.75) is 6.17 Å². The summed E-state index contributed by atoms with van der Waals surface area (Å²) in [4.78, 5) is 10.5. The lowest BCUT2D eigenvalue weighted by atomic mass is 9.93. The standard InChI is InChI=1S/C49H31N3O/c1-2-10-35-28-36(21-18-30(35)8-1)31-16-19-34(20-17-31)47-50-48(37-24-26-41-40-13-5-6-15-44(40)53-45(41)29-37)52-49(51-47)43-14-7-11-33-23-25-39-38-12-4-3-9-32(38)22-27-42(39)46(33)43/h1-29,49H,(H,50,51,52). The first-order valence-electron chi connectivity index (χ1n) is 18.0. The van der Waals surface area contributed by atoms with Crippen molar-refractivity contribution in [1.29, 1.82) is 0 Å². The molecule has 1 aliphatic rings. The van der Waals surface area contributed by atoms with Crippen LogP contribution in [-0.2, 0) is 0 Å². The lowest BCUT2D eigenvalue weighted by Crippen LogP contribution is -2.33. The van der Waals surface area contributed by atoms with Crippen LogP contribution in [0.2, 0.25) is 0 Å². The Morgan fingerprint density at radius 3 is 1.96 bits per heavy atom. The van der Waals surface area contributed by atoms with E-state index in [4.69, 9.17) is 14.4 Å². The molecule has 4 heteroatoms. The van der Waals surface area contributed by atoms with Gasteiger partial charge in [-0.15, -0.1) is 0 Å². The Kier molecular flexibility index (Phi) is 6.58. The number of aliphatic imine (C=N–C) groups is 2. The van der Waals surface area contributed by atoms with Gasteiger partial charge in [0, 0.05) is 27.5 Å². The molecule has 1 aromatic heterocycles. The fraction of sp³-hybridized carbons (Fsp3) is 0.0204. The zero-order valence-electron chi connectivity index (χ0n) is 28.6. The van der Waals surface area contributed by atoms with Crippen molar-refractivity contribution in [2.75, 3.05) is 0 Å². The fourth-order valence-corrected chi connectivity index (χ4v) is 8.07. The minimum atomic E-state index is -0.384. The Morgan fingerprint density at radius 1 is 0.415 bits per heavy atom. The maximum Gasteiger partial charge on any atom is 0.159 e. The minimum Gasteiger partial charge on any atom is -0.456 e. The van der Waals surface area contributed by atoms with E-state index >= 15 is 0 Å². The number of hydrogen-bond acceptors (Lipinski definition) is 4. The van der Waals surface area contributed by atoms with Gasteiger partial charge in [-0.25, -0.2) is 9.98 Å². The molecule has 0 aliphatic carbocycles. The summed E-state index contributed by atoms with van der Waals surface area (Å²) >= 11 is 0. The van der Waals surface area contributed by atoms with Crippen LogP contribution in [0.4, 0.5) is 0 Å². The molecule has 1 atom stereocenters. The molecule has 9 aromatic carbocycles. The topological polar surface area (TPSA) is 49.9 Å². The summed E-state index contributed by atoms with van der Waals surface area (Å²) in [5.41, 5.74) is 7.03. The molecule has 2 heterocycles. The summed E-state index contributed by atoms with van der Waals surface area (Å²) in [7, 11) is 0. The first kappa shape index (κ1) is 29.7. The smallest absolute Gasteiger partial charge is 0.159 e. The van der Waals surface area contributed by atoms with Crippen LogP contribution >= 0.6 is 0 Å². The summed E-state index contributed by atoms with van der Waals surface area (Å²) < 4.78 is 6.31. The predicted molar refractivity (Wildman–Crippen MR) is 221 cm³/mol. The third kappa shape index (κ3) is 4.91. The number of furan rings is 1. The van der Waals surface area contributed by atoms with Crippen LogP contribution in [0.25, 0.3) is 76.2 Å². The quantitative estimate of drug-likeness (QED) is 0.189. The Morgan fingerprint density at radius 2 is 1.06 bits per heavy atom. The highest BCUT2D eigenvalue weighted by Crippen LogP contribution is 2.37. The van der Waals surface area contributed by atoms with E-state index < -0.39 is 0 Å². The molecular formula is C49H31N3O. The van der Waals surface area contributed by atoms with E-state index in [1.807, 2.05) is 18.2 Å². The summed E-state index contributed by atoms with van der Waals surface area (Å²) in [5.74, 6) is 1.44. The van der Waals surface area contributed by atoms with Crippen molar-refractivity contribution in [3.8, 4) is 11.1 Å². The predicted octanol–water partition coefficient (Wildman–Crippen LogP) is 12.4. The summed E-state index contributed by atoms with van der Waals surface area (Å²) in [6, 6.07) is 62.4. The second kappa shape index (κ2) is 11.8. The second-order valence-corrected chi connectivity index (χ2v) is 13.8. The third-order valence-corrected chi connectivity index (χ3v) is 10.7. The van der Waals surface area contributed by atoms with E-state index in [1.54, 1.807) is 0 Å². The molecular weight excluding hydrogens is 647 g/mol. The molecule has 1 unspecified atom stereocenters. The van der Waals surface area contributed by atoms with Gasteiger partial charge in [0.05, 0.1) is 0 Å². The Hall–Kier alpha value is -7.04. The van der Waals surface area contributed by atoms with Crippen LogP contribution in [0.1, 0.15) is 22.9 Å². The van der Waals surface area contributed by atoms with Crippen molar-refractivity contribution in [2.24, 2.45) is 9.98 Å². The van der Waals surface area contributed by atoms with E-state index in [2.05, 4.69) is 163 Å². The third-order valence-electron chi connectivity index (χ3n) is 10.7. The van der Waals surface area contributed by atoms with Crippen molar-refractivity contribution < 1.29 is 4.42 Å². The number of amidine groups is 2. The monoisotopic (exact) mass is 677 g/mol. The van der Waals surface area contributed by atoms with Crippen LogP contribution in [0.3, 0.4) is 0 Å². The number of nitrogens with one attached hydrogen (secondary N) is 1. The van der Waals surface area contributed by atoms with Crippen LogP contribution in [0, 0.1) is 0 Å². The van der Waals surface area contributed by atoms with Crippen molar-refractivity contribution in [1.82, 2.24) is 5.32 Å². The molecule has 0 bridgehead atoms. The minimum absolute atomic E-state index is 0.384. The second-order valence-electron chi connectivity index (χ2n) is 13.8. The van der Waals surface area contributed by atoms with Gasteiger partial charge in [-0.3, -0.25) is 0 Å². The number of benzene rings is 9. The SMILES string of the molecule is c1ccc2cc(-c3ccc(C4=NC(c5ccc6c(c5)oc5ccccc56)=NC(c5cccc6ccc7c8ccccc8ccc7c56)N4)cc3)ccc2c1. The van der Waals surface area contributed by atoms with Gasteiger partial charge in [0.15, 0.2) is 5.84 Å². The molecule has 0 spiro atoms. The maximum atomic E-state index is 6.31. The molecule has 0 radical (unpaired) electrons. The van der Waals surface area contributed by atoms with Crippen LogP contribution in [-0.4, -0.2) is 11.7 Å². The van der Waals surface area contributed by atoms with E-state index in [9.17, 15) is 0 Å². The van der Waals surface area contributed by atoms with Gasteiger partial charge in [-0.1, -0.05) is 152 Å². The number of fused-ring (bicyclic) bond motifs is 9. The molecule has 4 nitrogen and oxygen atoms in total. The highest BCUT2D eigenvalue weighted by molar-refractivity contribution is 6.19. The summed E-state index contributed by atoms with van der Waals surface area (Å²) in [6.45, 7) is 0. The van der Waals surface area contributed by atoms with Crippen molar-refractivity contribution in [3.63, 3.8) is 0 Å². The Labute approximate surface area is 305 Å². The number of para-hydroxylation sites is 1. The normalized spacial score (nSPS) is 14.6. The lowest BCUT2D eigenvalue weighted by Gasteiger charge is -2.25. The molecule has 1 aliphatic heterocycles. The maximum absolute atomic E-state index is 6.31. The molecule has 0 fully saturated rings. The van der Waals surface area contributed by atoms with Crippen LogP contribution < -0.4 is 5.32 Å². The number of hydrogen-bond donors (Lipinski definition) is 1. The van der Waals surface area contributed by atoms with Gasteiger partial charge in [-0.05, 0) is 78.5 Å². The van der Waals surface area contributed by atoms with E-state index in [0.717, 1.165) is 50.0 Å². The molecule has 11 rings (SSSR count). The Bertz CT molecular complexity index is 3150. The van der Waals surface area contributed by atoms with E-state index in [-0.39, 0.29) is 6.17 Å². The molecule has 0 saturated heterocycles. The highest BCUT2D eigenvalue weighted by Gasteiger charge is 2.24. The van der Waals surface area contributed by atoms with Crippen molar-refractivity contribution in [3.05, 3.63) is 193 Å². The molecule has 1 N–H and O–H groups in total. The highest BCUT2D eigenvalue weighted by atomic mass is 16.3. The van der Waals surface area contributed by atoms with Gasteiger partial charge < -0.3 is 9.73 Å². The number of rotatable bonds is 4. The zero-order valence-corrected chi connectivity index (χ0v) is 28.6.